The summed E-state index contributed by atoms with van der Waals surface area (Å²) in [6.45, 7) is 5.61. The first-order chi connectivity index (χ1) is 19.8. The Morgan fingerprint density at radius 3 is 2.36 bits per heavy atom. The molecule has 1 aliphatic heterocycles. The van der Waals surface area contributed by atoms with Crippen LogP contribution >= 0.6 is 0 Å². The van der Waals surface area contributed by atoms with Gasteiger partial charge < -0.3 is 24.8 Å². The van der Waals surface area contributed by atoms with Gasteiger partial charge in [0.1, 0.15) is 41.1 Å². The van der Waals surface area contributed by atoms with Crippen LogP contribution in [-0.2, 0) is 11.3 Å². The zero-order valence-corrected chi connectivity index (χ0v) is 23.9. The average molecular weight is 578 g/mol. The van der Waals surface area contributed by atoms with Gasteiger partial charge in [-0.05, 0) is 45.0 Å². The van der Waals surface area contributed by atoms with Crippen LogP contribution < -0.4 is 15.2 Å². The van der Waals surface area contributed by atoms with Crippen molar-refractivity contribution in [2.24, 2.45) is 0 Å². The molecule has 0 unspecified atom stereocenters. The van der Waals surface area contributed by atoms with Gasteiger partial charge in [0.2, 0.25) is 0 Å². The van der Waals surface area contributed by atoms with Crippen molar-refractivity contribution in [3.8, 4) is 39.6 Å². The number of nitrogens with two attached hydrogens (primary N) is 1. The lowest BCUT2D eigenvalue weighted by molar-refractivity contribution is 0.0600. The van der Waals surface area contributed by atoms with Crippen LogP contribution in [0.25, 0.3) is 28.1 Å². The molecular weight excluding hydrogens is 548 g/mol. The minimum absolute atomic E-state index is 0.00882. The number of hydrogen-bond donors (Lipinski definition) is 1. The number of methoxy groups -OCH3 is 2. The van der Waals surface area contributed by atoms with Crippen molar-refractivity contribution in [2.45, 2.75) is 32.9 Å². The van der Waals surface area contributed by atoms with Gasteiger partial charge in [-0.3, -0.25) is 4.79 Å². The van der Waals surface area contributed by atoms with Gasteiger partial charge in [-0.15, -0.1) is 0 Å². The summed E-state index contributed by atoms with van der Waals surface area (Å²) in [4.78, 5) is 31.7. The molecule has 1 aliphatic rings. The molecule has 0 fully saturated rings. The number of hydrogen-bond acceptors (Lipinski definition) is 8. The Bertz CT molecular complexity index is 1720. The number of benzene rings is 2. The third-order valence-electron chi connectivity index (χ3n) is 7.15. The van der Waals surface area contributed by atoms with E-state index in [1.807, 2.05) is 20.8 Å². The number of halogens is 2. The molecule has 10 nitrogen and oxygen atoms in total. The van der Waals surface area contributed by atoms with Gasteiger partial charge in [0.15, 0.2) is 5.69 Å². The highest BCUT2D eigenvalue weighted by atomic mass is 19.1. The van der Waals surface area contributed by atoms with Crippen LogP contribution in [-0.4, -0.2) is 58.3 Å². The maximum absolute atomic E-state index is 14.4. The highest BCUT2D eigenvalue weighted by Gasteiger charge is 2.35. The first-order valence-electron chi connectivity index (χ1n) is 12.9. The van der Waals surface area contributed by atoms with Crippen molar-refractivity contribution in [3.63, 3.8) is 0 Å². The normalized spacial score (nSPS) is 12.2. The second kappa shape index (κ2) is 10.4. The number of pyridine rings is 1. The summed E-state index contributed by atoms with van der Waals surface area (Å²) in [6, 6.07) is 7.90. The molecule has 0 radical (unpaired) electrons. The number of ether oxygens (including phenoxy) is 3. The molecule has 2 aromatic heterocycles. The maximum Gasteiger partial charge on any atom is 0.341 e. The van der Waals surface area contributed by atoms with Crippen molar-refractivity contribution < 1.29 is 32.6 Å². The molecule has 5 rings (SSSR count). The minimum Gasteiger partial charge on any atom is -0.496 e. The van der Waals surface area contributed by atoms with Crippen LogP contribution in [0.4, 0.5) is 14.6 Å². The predicted octanol–water partition coefficient (Wildman–Crippen LogP) is 5.02. The van der Waals surface area contributed by atoms with Crippen LogP contribution in [0.5, 0.6) is 11.5 Å². The Hall–Kier alpha value is -5.00. The van der Waals surface area contributed by atoms with E-state index in [1.165, 1.54) is 36.1 Å². The molecule has 0 saturated heterocycles. The summed E-state index contributed by atoms with van der Waals surface area (Å²) in [7, 11) is 4.37. The molecule has 0 saturated carbocycles. The third kappa shape index (κ3) is 4.89. The second-order valence-corrected chi connectivity index (χ2v) is 10.7. The van der Waals surface area contributed by atoms with E-state index >= 15 is 0 Å². The van der Waals surface area contributed by atoms with E-state index in [-0.39, 0.29) is 35.3 Å². The lowest BCUT2D eigenvalue weighted by Gasteiger charge is -2.31. The van der Waals surface area contributed by atoms with Gasteiger partial charge in [0, 0.05) is 53.2 Å². The molecule has 0 spiro atoms. The van der Waals surface area contributed by atoms with Gasteiger partial charge in [0.05, 0.1) is 25.6 Å². The van der Waals surface area contributed by atoms with E-state index in [2.05, 4.69) is 10.1 Å². The molecule has 1 amide bonds. The lowest BCUT2D eigenvalue weighted by atomic mass is 9.95. The van der Waals surface area contributed by atoms with Crippen LogP contribution in [0.2, 0.25) is 0 Å². The van der Waals surface area contributed by atoms with Gasteiger partial charge in [-0.2, -0.15) is 5.10 Å². The van der Waals surface area contributed by atoms with E-state index in [0.29, 0.717) is 39.4 Å². The molecule has 42 heavy (non-hydrogen) atoms. The minimum atomic E-state index is -0.806. The molecule has 12 heteroatoms. The maximum atomic E-state index is 14.4. The molecule has 3 heterocycles. The molecule has 218 valence electrons. The Morgan fingerprint density at radius 2 is 1.74 bits per heavy atom. The molecule has 4 aromatic rings. The van der Waals surface area contributed by atoms with Gasteiger partial charge in [-0.1, -0.05) is 0 Å². The number of carbonyl (C=O) groups is 2. The van der Waals surface area contributed by atoms with Crippen molar-refractivity contribution in [1.29, 1.82) is 0 Å². The molecule has 2 aromatic carbocycles. The molecule has 0 bridgehead atoms. The van der Waals surface area contributed by atoms with Gasteiger partial charge in [-0.25, -0.2) is 23.2 Å². The van der Waals surface area contributed by atoms with E-state index in [4.69, 9.17) is 19.9 Å². The third-order valence-corrected chi connectivity index (χ3v) is 7.15. The Balaban J connectivity index is 1.79. The fourth-order valence-electron chi connectivity index (χ4n) is 4.65. The zero-order chi connectivity index (χ0) is 30.5. The van der Waals surface area contributed by atoms with Crippen molar-refractivity contribution in [1.82, 2.24) is 19.7 Å². The van der Waals surface area contributed by atoms with Gasteiger partial charge >= 0.3 is 5.97 Å². The highest BCUT2D eigenvalue weighted by Crippen LogP contribution is 2.46. The summed E-state index contributed by atoms with van der Waals surface area (Å²) < 4.78 is 46.7. The van der Waals surface area contributed by atoms with Crippen LogP contribution in [0.3, 0.4) is 0 Å². The number of fused-ring (bicyclic) bond motifs is 3. The first-order valence-corrected chi connectivity index (χ1v) is 12.9. The number of rotatable bonds is 5. The molecular formula is C30H29F2N5O5. The van der Waals surface area contributed by atoms with E-state index in [9.17, 15) is 18.4 Å². The topological polar surface area (TPSA) is 122 Å². The van der Waals surface area contributed by atoms with Crippen LogP contribution in [0.15, 0.2) is 42.6 Å². The summed E-state index contributed by atoms with van der Waals surface area (Å²) in [5, 5.41) is 4.57. The Labute approximate surface area is 240 Å². The van der Waals surface area contributed by atoms with Crippen molar-refractivity contribution in [3.05, 3.63) is 71.1 Å². The Kier molecular flexibility index (Phi) is 7.09. The number of amides is 1. The summed E-state index contributed by atoms with van der Waals surface area (Å²) in [6.07, 6.45) is 1.48. The number of nitrogen functional groups attached to an aromatic ring is 1. The Morgan fingerprint density at radius 1 is 1.05 bits per heavy atom. The van der Waals surface area contributed by atoms with E-state index in [0.717, 1.165) is 18.2 Å². The standard InChI is InChI=1S/C30H29F2N5O5/c1-30(2,3)36(4)28(38)25-22-14-42-24-12-23(40-5)19(15-7-21(29(39)41-6)27(33)34-13-15)11-20(24)26(22)37(35-25)18-9-16(31)8-17(32)10-18/h7-13H,14H2,1-6H3,(H2,33,34). The highest BCUT2D eigenvalue weighted by molar-refractivity contribution is 5.98. The summed E-state index contributed by atoms with van der Waals surface area (Å²) >= 11 is 0. The fraction of sp³-hybridized carbons (Fsp3) is 0.267. The summed E-state index contributed by atoms with van der Waals surface area (Å²) in [5.74, 6) is -1.89. The number of nitrogens with zero attached hydrogens (tertiary/aromatic N) is 4. The van der Waals surface area contributed by atoms with Crippen LogP contribution in [0.1, 0.15) is 47.2 Å². The van der Waals surface area contributed by atoms with Crippen molar-refractivity contribution in [2.75, 3.05) is 27.0 Å². The smallest absolute Gasteiger partial charge is 0.341 e. The van der Waals surface area contributed by atoms with Gasteiger partial charge in [0.25, 0.3) is 5.91 Å². The monoisotopic (exact) mass is 577 g/mol. The number of carbonyl (C=O) groups excluding carboxylic acids is 2. The molecule has 2 N–H and O–H groups in total. The van der Waals surface area contributed by atoms with Crippen molar-refractivity contribution >= 4 is 17.7 Å². The number of anilines is 1. The van der Waals surface area contributed by atoms with E-state index < -0.39 is 23.1 Å². The molecule has 0 aliphatic carbocycles. The number of esters is 1. The van der Waals surface area contributed by atoms with E-state index in [1.54, 1.807) is 19.2 Å². The number of aromatic nitrogens is 3. The largest absolute Gasteiger partial charge is 0.496 e. The summed E-state index contributed by atoms with van der Waals surface area (Å²) in [5.41, 5.74) is 7.89. The second-order valence-electron chi connectivity index (χ2n) is 10.7. The average Bonchev–Trinajstić information content (AvgIpc) is 3.34. The lowest BCUT2D eigenvalue weighted by Crippen LogP contribution is -2.43. The zero-order valence-electron chi connectivity index (χ0n) is 23.9. The fourth-order valence-corrected chi connectivity index (χ4v) is 4.65. The van der Waals surface area contributed by atoms with Crippen LogP contribution in [0, 0.1) is 11.6 Å². The predicted molar refractivity (Wildman–Crippen MR) is 151 cm³/mol. The SMILES string of the molecule is COC(=O)c1cc(-c2cc3c(cc2OC)OCc2c(C(=O)N(C)C(C)(C)C)nn(-c4cc(F)cc(F)c4)c2-3)cnc1N. The quantitative estimate of drug-likeness (QED) is 0.328. The first kappa shape index (κ1) is 28.5. The molecule has 0 atom stereocenters.